The summed E-state index contributed by atoms with van der Waals surface area (Å²) >= 11 is 0. The van der Waals surface area contributed by atoms with Crippen LogP contribution in [-0.4, -0.2) is 49.2 Å². The number of benzene rings is 1. The summed E-state index contributed by atoms with van der Waals surface area (Å²) < 4.78 is 4.91. The number of carbonyl (C=O) groups excluding carboxylic acids is 1. The summed E-state index contributed by atoms with van der Waals surface area (Å²) in [6.45, 7) is 0.921. The Kier molecular flexibility index (Phi) is 7.46. The first-order chi connectivity index (χ1) is 10.0. The number of aryl methyl sites for hydroxylation is 1. The third-order valence-electron chi connectivity index (χ3n) is 3.45. The molecule has 1 N–H and O–H groups in total. The Hall–Kier alpha value is -1.88. The van der Waals surface area contributed by atoms with Crippen molar-refractivity contribution in [3.63, 3.8) is 0 Å². The first kappa shape index (κ1) is 17.2. The van der Waals surface area contributed by atoms with E-state index in [1.165, 1.54) is 4.90 Å². The molecule has 116 valence electrons. The Labute approximate surface area is 125 Å². The van der Waals surface area contributed by atoms with E-state index in [4.69, 9.17) is 4.74 Å². The highest BCUT2D eigenvalue weighted by molar-refractivity contribution is 5.82. The van der Waals surface area contributed by atoms with E-state index in [9.17, 15) is 14.7 Å². The van der Waals surface area contributed by atoms with Gasteiger partial charge in [0.15, 0.2) is 0 Å². The first-order valence-corrected chi connectivity index (χ1v) is 7.04. The van der Waals surface area contributed by atoms with Crippen molar-refractivity contribution in [2.45, 2.75) is 19.3 Å². The quantitative estimate of drug-likeness (QED) is 0.754. The molecule has 0 aliphatic carbocycles. The zero-order chi connectivity index (χ0) is 15.7. The number of hydrogen-bond donors (Lipinski definition) is 1. The average molecular weight is 293 g/mol. The number of likely N-dealkylation sites (N-methyl/N-ethyl adjacent to an activating group) is 1. The zero-order valence-corrected chi connectivity index (χ0v) is 12.6. The molecule has 0 saturated carbocycles. The molecule has 0 fully saturated rings. The number of ether oxygens (including phenoxy) is 1. The first-order valence-electron chi connectivity index (χ1n) is 7.04. The van der Waals surface area contributed by atoms with E-state index < -0.39 is 11.9 Å². The number of rotatable bonds is 9. The van der Waals surface area contributed by atoms with Gasteiger partial charge in [-0.3, -0.25) is 9.59 Å². The third-order valence-corrected chi connectivity index (χ3v) is 3.45. The van der Waals surface area contributed by atoms with E-state index in [1.807, 2.05) is 30.3 Å². The van der Waals surface area contributed by atoms with E-state index in [0.29, 0.717) is 26.0 Å². The number of amides is 1. The van der Waals surface area contributed by atoms with Gasteiger partial charge in [-0.25, -0.2) is 0 Å². The molecule has 0 aliphatic heterocycles. The van der Waals surface area contributed by atoms with E-state index in [0.717, 1.165) is 5.56 Å². The maximum Gasteiger partial charge on any atom is 0.307 e. The molecule has 0 aliphatic rings. The average Bonchev–Trinajstić information content (AvgIpc) is 2.49. The fourth-order valence-corrected chi connectivity index (χ4v) is 2.02. The van der Waals surface area contributed by atoms with E-state index >= 15 is 0 Å². The molecule has 1 atom stereocenters. The Morgan fingerprint density at radius 2 is 1.95 bits per heavy atom. The van der Waals surface area contributed by atoms with Gasteiger partial charge < -0.3 is 14.7 Å². The third kappa shape index (κ3) is 6.40. The number of methoxy groups -OCH3 is 1. The highest BCUT2D eigenvalue weighted by Crippen LogP contribution is 2.15. The van der Waals surface area contributed by atoms with Gasteiger partial charge in [0.05, 0.1) is 12.5 Å². The van der Waals surface area contributed by atoms with Crippen LogP contribution in [0.1, 0.15) is 18.4 Å². The van der Waals surface area contributed by atoms with Gasteiger partial charge in [-0.05, 0) is 18.4 Å². The summed E-state index contributed by atoms with van der Waals surface area (Å²) in [4.78, 5) is 24.8. The minimum Gasteiger partial charge on any atom is -0.481 e. The highest BCUT2D eigenvalue weighted by Gasteiger charge is 2.22. The maximum atomic E-state index is 12.0. The van der Waals surface area contributed by atoms with Gasteiger partial charge in [-0.2, -0.15) is 0 Å². The number of aliphatic carboxylic acids is 1. The predicted molar refractivity (Wildman–Crippen MR) is 80.0 cm³/mol. The fourth-order valence-electron chi connectivity index (χ4n) is 2.02. The molecule has 1 amide bonds. The van der Waals surface area contributed by atoms with Gasteiger partial charge in [0.2, 0.25) is 5.91 Å². The molecule has 0 aromatic heterocycles. The Bertz CT molecular complexity index is 447. The second-order valence-corrected chi connectivity index (χ2v) is 5.07. The SMILES string of the molecule is COCCN(C)C(=O)C[C@@H](CCc1ccccc1)C(=O)O. The van der Waals surface area contributed by atoms with Crippen molar-refractivity contribution < 1.29 is 19.4 Å². The molecule has 1 aromatic carbocycles. The summed E-state index contributed by atoms with van der Waals surface area (Å²) in [6.07, 6.45) is 1.15. The molecule has 5 heteroatoms. The second-order valence-electron chi connectivity index (χ2n) is 5.07. The van der Waals surface area contributed by atoms with Crippen LogP contribution in [0.2, 0.25) is 0 Å². The van der Waals surface area contributed by atoms with Gasteiger partial charge in [0, 0.05) is 27.1 Å². The van der Waals surface area contributed by atoms with E-state index in [2.05, 4.69) is 0 Å². The minimum atomic E-state index is -0.917. The second kappa shape index (κ2) is 9.13. The smallest absolute Gasteiger partial charge is 0.307 e. The normalized spacial score (nSPS) is 11.9. The summed E-state index contributed by atoms with van der Waals surface area (Å²) in [5, 5.41) is 9.26. The molecule has 0 heterocycles. The molecule has 0 radical (unpaired) electrons. The van der Waals surface area contributed by atoms with Gasteiger partial charge >= 0.3 is 5.97 Å². The van der Waals surface area contributed by atoms with Crippen LogP contribution in [0.3, 0.4) is 0 Å². The van der Waals surface area contributed by atoms with Gasteiger partial charge in [0.25, 0.3) is 0 Å². The topological polar surface area (TPSA) is 66.8 Å². The molecule has 1 rings (SSSR count). The summed E-state index contributed by atoms with van der Waals surface area (Å²) in [6, 6.07) is 9.70. The Morgan fingerprint density at radius 1 is 1.29 bits per heavy atom. The van der Waals surface area contributed by atoms with E-state index in [-0.39, 0.29) is 12.3 Å². The lowest BCUT2D eigenvalue weighted by Crippen LogP contribution is -2.33. The number of carbonyl (C=O) groups is 2. The fraction of sp³-hybridized carbons (Fsp3) is 0.500. The maximum absolute atomic E-state index is 12.0. The summed E-state index contributed by atoms with van der Waals surface area (Å²) in [5.74, 6) is -1.73. The lowest BCUT2D eigenvalue weighted by atomic mass is 9.96. The van der Waals surface area contributed by atoms with Crippen molar-refractivity contribution >= 4 is 11.9 Å². The standard InChI is InChI=1S/C16H23NO4/c1-17(10-11-21-2)15(18)12-14(16(19)20)9-8-13-6-4-3-5-7-13/h3-7,14H,8-12H2,1-2H3,(H,19,20)/t14-/m1/s1. The van der Waals surface area contributed by atoms with Gasteiger partial charge in [-0.1, -0.05) is 30.3 Å². The lowest BCUT2D eigenvalue weighted by molar-refractivity contribution is -0.146. The largest absolute Gasteiger partial charge is 0.481 e. The molecule has 0 spiro atoms. The molecular weight excluding hydrogens is 270 g/mol. The van der Waals surface area contributed by atoms with Crippen molar-refractivity contribution in [3.05, 3.63) is 35.9 Å². The molecule has 1 aromatic rings. The lowest BCUT2D eigenvalue weighted by Gasteiger charge is -2.19. The van der Waals surface area contributed by atoms with Gasteiger partial charge in [-0.15, -0.1) is 0 Å². The zero-order valence-electron chi connectivity index (χ0n) is 12.6. The van der Waals surface area contributed by atoms with Crippen molar-refractivity contribution in [1.29, 1.82) is 0 Å². The Balaban J connectivity index is 2.50. The highest BCUT2D eigenvalue weighted by atomic mass is 16.5. The molecule has 21 heavy (non-hydrogen) atoms. The van der Waals surface area contributed by atoms with Crippen molar-refractivity contribution in [3.8, 4) is 0 Å². The number of carboxylic acids is 1. The molecule has 0 unspecified atom stereocenters. The van der Waals surface area contributed by atoms with Crippen LogP contribution >= 0.6 is 0 Å². The number of nitrogens with zero attached hydrogens (tertiary/aromatic N) is 1. The van der Waals surface area contributed by atoms with Crippen LogP contribution in [0.15, 0.2) is 30.3 Å². The van der Waals surface area contributed by atoms with Gasteiger partial charge in [0.1, 0.15) is 0 Å². The van der Waals surface area contributed by atoms with Crippen molar-refractivity contribution in [2.75, 3.05) is 27.3 Å². The number of carboxylic acid groups (broad SMARTS) is 1. The van der Waals surface area contributed by atoms with Crippen molar-refractivity contribution in [2.24, 2.45) is 5.92 Å². The monoisotopic (exact) mass is 293 g/mol. The van der Waals surface area contributed by atoms with Crippen LogP contribution in [0.5, 0.6) is 0 Å². The van der Waals surface area contributed by atoms with Crippen LogP contribution in [0.25, 0.3) is 0 Å². The van der Waals surface area contributed by atoms with Crippen LogP contribution in [-0.2, 0) is 20.7 Å². The molecule has 0 saturated heterocycles. The van der Waals surface area contributed by atoms with Crippen LogP contribution in [0.4, 0.5) is 0 Å². The summed E-state index contributed by atoms with van der Waals surface area (Å²) in [5.41, 5.74) is 1.09. The predicted octanol–water partition coefficient (Wildman–Crippen LogP) is 1.81. The van der Waals surface area contributed by atoms with E-state index in [1.54, 1.807) is 14.2 Å². The van der Waals surface area contributed by atoms with Crippen LogP contribution < -0.4 is 0 Å². The Morgan fingerprint density at radius 3 is 2.52 bits per heavy atom. The molecule has 5 nitrogen and oxygen atoms in total. The molecule has 0 bridgehead atoms. The summed E-state index contributed by atoms with van der Waals surface area (Å²) in [7, 11) is 3.23. The molecular formula is C16H23NO4. The van der Waals surface area contributed by atoms with Crippen LogP contribution in [0, 0.1) is 5.92 Å². The number of hydrogen-bond acceptors (Lipinski definition) is 3. The van der Waals surface area contributed by atoms with Crippen molar-refractivity contribution in [1.82, 2.24) is 4.90 Å². The minimum absolute atomic E-state index is 0.0301.